The lowest BCUT2D eigenvalue weighted by Gasteiger charge is -2.28. The molecule has 84 valence electrons. The van der Waals surface area contributed by atoms with Crippen molar-refractivity contribution in [2.75, 3.05) is 0 Å². The molecule has 0 aliphatic heterocycles. The smallest absolute Gasteiger partial charge is 0.243 e. The van der Waals surface area contributed by atoms with Gasteiger partial charge in [0.15, 0.2) is 0 Å². The Morgan fingerprint density at radius 2 is 2.20 bits per heavy atom. The van der Waals surface area contributed by atoms with E-state index in [0.717, 1.165) is 17.8 Å². The van der Waals surface area contributed by atoms with Crippen LogP contribution in [0.5, 0.6) is 0 Å². The number of hydrogen-bond donors (Lipinski definition) is 1. The molecule has 2 rings (SSSR count). The van der Waals surface area contributed by atoms with E-state index < -0.39 is 0 Å². The topological polar surface area (TPSA) is 29.1 Å². The number of fused-ring (bicyclic) bond motifs is 2. The van der Waals surface area contributed by atoms with Crippen LogP contribution in [0, 0.1) is 17.8 Å². The summed E-state index contributed by atoms with van der Waals surface area (Å²) in [6, 6.07) is 0.351. The lowest BCUT2D eigenvalue weighted by molar-refractivity contribution is -0.117. The molecule has 2 heteroatoms. The largest absolute Gasteiger partial charge is 0.350 e. The van der Waals surface area contributed by atoms with Gasteiger partial charge in [0.25, 0.3) is 0 Å². The monoisotopic (exact) mass is 207 g/mol. The molecule has 2 fully saturated rings. The van der Waals surface area contributed by atoms with E-state index >= 15 is 0 Å². The Morgan fingerprint density at radius 1 is 1.40 bits per heavy atom. The number of carbonyl (C=O) groups is 1. The summed E-state index contributed by atoms with van der Waals surface area (Å²) in [5.74, 6) is 2.64. The van der Waals surface area contributed by atoms with Crippen LogP contribution in [-0.2, 0) is 4.79 Å². The predicted molar refractivity (Wildman–Crippen MR) is 61.4 cm³/mol. The summed E-state index contributed by atoms with van der Waals surface area (Å²) in [5.41, 5.74) is 0. The van der Waals surface area contributed by atoms with Gasteiger partial charge in [-0.3, -0.25) is 4.79 Å². The maximum Gasteiger partial charge on any atom is 0.243 e. The summed E-state index contributed by atoms with van der Waals surface area (Å²) in [7, 11) is 0. The van der Waals surface area contributed by atoms with Crippen LogP contribution in [0.4, 0.5) is 0 Å². The van der Waals surface area contributed by atoms with Crippen molar-refractivity contribution in [3.05, 3.63) is 12.2 Å². The van der Waals surface area contributed by atoms with Crippen molar-refractivity contribution in [1.29, 1.82) is 0 Å². The molecule has 2 bridgehead atoms. The van der Waals surface area contributed by atoms with Crippen LogP contribution in [0.25, 0.3) is 0 Å². The zero-order chi connectivity index (χ0) is 10.8. The van der Waals surface area contributed by atoms with Crippen molar-refractivity contribution >= 4 is 5.91 Å². The standard InChI is InChI=1S/C13H21NO/c1-3-4-13(15)14-9(2)12-8-10-5-6-11(12)7-10/h3-4,9-12H,5-8H2,1-2H3,(H,14,15). The zero-order valence-corrected chi connectivity index (χ0v) is 9.70. The van der Waals surface area contributed by atoms with E-state index in [1.807, 2.05) is 6.92 Å². The third-order valence-corrected chi connectivity index (χ3v) is 4.12. The van der Waals surface area contributed by atoms with Crippen molar-refractivity contribution in [3.8, 4) is 0 Å². The molecule has 0 spiro atoms. The van der Waals surface area contributed by atoms with Gasteiger partial charge in [0, 0.05) is 6.04 Å². The maximum absolute atomic E-state index is 11.4. The quantitative estimate of drug-likeness (QED) is 0.708. The van der Waals surface area contributed by atoms with E-state index in [1.54, 1.807) is 12.2 Å². The normalized spacial score (nSPS) is 36.0. The van der Waals surface area contributed by atoms with Gasteiger partial charge in [0.05, 0.1) is 0 Å². The van der Waals surface area contributed by atoms with Gasteiger partial charge in [-0.05, 0) is 56.9 Å². The number of rotatable bonds is 3. The van der Waals surface area contributed by atoms with Crippen molar-refractivity contribution in [3.63, 3.8) is 0 Å². The molecule has 0 radical (unpaired) electrons. The van der Waals surface area contributed by atoms with E-state index in [0.29, 0.717) is 6.04 Å². The van der Waals surface area contributed by atoms with Crippen LogP contribution in [0.2, 0.25) is 0 Å². The van der Waals surface area contributed by atoms with Gasteiger partial charge >= 0.3 is 0 Å². The van der Waals surface area contributed by atoms with Crippen LogP contribution in [0.15, 0.2) is 12.2 Å². The molecule has 1 amide bonds. The van der Waals surface area contributed by atoms with E-state index in [4.69, 9.17) is 0 Å². The zero-order valence-electron chi connectivity index (χ0n) is 9.70. The summed E-state index contributed by atoms with van der Waals surface area (Å²) in [4.78, 5) is 11.4. The summed E-state index contributed by atoms with van der Waals surface area (Å²) < 4.78 is 0. The van der Waals surface area contributed by atoms with Gasteiger partial charge in [-0.1, -0.05) is 12.5 Å². The molecule has 4 unspecified atom stereocenters. The van der Waals surface area contributed by atoms with Crippen molar-refractivity contribution < 1.29 is 4.79 Å². The molecular formula is C13H21NO. The molecule has 1 N–H and O–H groups in total. The average molecular weight is 207 g/mol. The van der Waals surface area contributed by atoms with Crippen LogP contribution >= 0.6 is 0 Å². The highest BCUT2D eigenvalue weighted by Crippen LogP contribution is 2.49. The molecule has 0 aromatic rings. The van der Waals surface area contributed by atoms with Gasteiger partial charge in [-0.15, -0.1) is 0 Å². The first-order chi connectivity index (χ1) is 7.20. The van der Waals surface area contributed by atoms with Gasteiger partial charge in [-0.2, -0.15) is 0 Å². The fourth-order valence-corrected chi connectivity index (χ4v) is 3.44. The molecular weight excluding hydrogens is 186 g/mol. The van der Waals surface area contributed by atoms with Gasteiger partial charge in [0.2, 0.25) is 5.91 Å². The van der Waals surface area contributed by atoms with E-state index in [1.165, 1.54) is 25.7 Å². The molecule has 15 heavy (non-hydrogen) atoms. The third-order valence-electron chi connectivity index (χ3n) is 4.12. The van der Waals surface area contributed by atoms with Crippen LogP contribution < -0.4 is 5.32 Å². The second kappa shape index (κ2) is 4.38. The molecule has 2 aliphatic rings. The summed E-state index contributed by atoms with van der Waals surface area (Å²) >= 11 is 0. The highest BCUT2D eigenvalue weighted by atomic mass is 16.1. The molecule has 0 saturated heterocycles. The number of amides is 1. The van der Waals surface area contributed by atoms with Crippen molar-refractivity contribution in [1.82, 2.24) is 5.32 Å². The SMILES string of the molecule is CC=CC(=O)NC(C)C1CC2CCC1C2. The molecule has 0 aromatic heterocycles. The first-order valence-electron chi connectivity index (χ1n) is 6.14. The number of nitrogens with one attached hydrogen (secondary N) is 1. The number of carbonyl (C=O) groups excluding carboxylic acids is 1. The Morgan fingerprint density at radius 3 is 2.73 bits per heavy atom. The van der Waals surface area contributed by atoms with E-state index in [-0.39, 0.29) is 5.91 Å². The number of hydrogen-bond acceptors (Lipinski definition) is 1. The molecule has 0 heterocycles. The molecule has 2 nitrogen and oxygen atoms in total. The Balaban J connectivity index is 1.86. The minimum Gasteiger partial charge on any atom is -0.350 e. The first-order valence-corrected chi connectivity index (χ1v) is 6.14. The molecule has 4 atom stereocenters. The Hall–Kier alpha value is -0.790. The fourth-order valence-electron chi connectivity index (χ4n) is 3.44. The second-order valence-corrected chi connectivity index (χ2v) is 5.14. The fraction of sp³-hybridized carbons (Fsp3) is 0.769. The van der Waals surface area contributed by atoms with Gasteiger partial charge < -0.3 is 5.32 Å². The lowest BCUT2D eigenvalue weighted by Crippen LogP contribution is -2.39. The highest BCUT2D eigenvalue weighted by molar-refractivity contribution is 5.87. The Bertz CT molecular complexity index is 272. The van der Waals surface area contributed by atoms with E-state index in [9.17, 15) is 4.79 Å². The molecule has 2 aliphatic carbocycles. The summed E-state index contributed by atoms with van der Waals surface area (Å²) in [6.45, 7) is 4.04. The van der Waals surface area contributed by atoms with Crippen LogP contribution in [0.1, 0.15) is 39.5 Å². The minimum absolute atomic E-state index is 0.0628. The van der Waals surface area contributed by atoms with Crippen LogP contribution in [-0.4, -0.2) is 11.9 Å². The molecule has 0 aromatic carbocycles. The minimum atomic E-state index is 0.0628. The third kappa shape index (κ3) is 2.24. The molecule has 2 saturated carbocycles. The van der Waals surface area contributed by atoms with E-state index in [2.05, 4.69) is 12.2 Å². The highest BCUT2D eigenvalue weighted by Gasteiger charge is 2.41. The Kier molecular flexibility index (Phi) is 3.13. The maximum atomic E-state index is 11.4. The first kappa shape index (κ1) is 10.7. The van der Waals surface area contributed by atoms with Crippen LogP contribution in [0.3, 0.4) is 0 Å². The summed E-state index contributed by atoms with van der Waals surface area (Å²) in [5, 5.41) is 3.08. The average Bonchev–Trinajstić information content (AvgIpc) is 2.78. The van der Waals surface area contributed by atoms with Crippen molar-refractivity contribution in [2.24, 2.45) is 17.8 Å². The van der Waals surface area contributed by atoms with Gasteiger partial charge in [-0.25, -0.2) is 0 Å². The predicted octanol–water partition coefficient (Wildman–Crippen LogP) is 2.50. The lowest BCUT2D eigenvalue weighted by atomic mass is 9.84. The Labute approximate surface area is 92.1 Å². The summed E-state index contributed by atoms with van der Waals surface area (Å²) in [6.07, 6.45) is 8.97. The second-order valence-electron chi connectivity index (χ2n) is 5.14. The van der Waals surface area contributed by atoms with Crippen molar-refractivity contribution in [2.45, 2.75) is 45.6 Å². The van der Waals surface area contributed by atoms with Gasteiger partial charge in [0.1, 0.15) is 0 Å². The number of allylic oxidation sites excluding steroid dienone is 1.